The fraction of sp³-hybridized carbons (Fsp3) is 0.263. The molecule has 0 spiro atoms. The number of fused-ring (bicyclic) bond motifs is 1. The lowest BCUT2D eigenvalue weighted by Crippen LogP contribution is -2.22. The van der Waals surface area contributed by atoms with Crippen LogP contribution in [0.5, 0.6) is 0 Å². The molecule has 7 nitrogen and oxygen atoms in total. The third kappa shape index (κ3) is 3.68. The van der Waals surface area contributed by atoms with Crippen molar-refractivity contribution < 1.29 is 9.53 Å². The first-order valence-electron chi connectivity index (χ1n) is 8.90. The molecule has 0 amide bonds. The van der Waals surface area contributed by atoms with Crippen LogP contribution in [0.1, 0.15) is 40.9 Å². The number of benzene rings is 1. The van der Waals surface area contributed by atoms with Crippen LogP contribution >= 0.6 is 22.7 Å². The van der Waals surface area contributed by atoms with Crippen molar-refractivity contribution >= 4 is 38.9 Å². The van der Waals surface area contributed by atoms with Gasteiger partial charge >= 0.3 is 5.97 Å². The van der Waals surface area contributed by atoms with E-state index in [2.05, 4.69) is 20.4 Å². The predicted octanol–water partition coefficient (Wildman–Crippen LogP) is 3.97. The number of aromatic nitrogens is 4. The van der Waals surface area contributed by atoms with Crippen molar-refractivity contribution in [1.29, 1.82) is 0 Å². The third-order valence-electron chi connectivity index (χ3n) is 4.23. The fourth-order valence-corrected chi connectivity index (χ4v) is 4.44. The molecule has 3 heterocycles. The maximum Gasteiger partial charge on any atom is 0.341 e. The monoisotopic (exact) mass is 413 g/mol. The van der Waals surface area contributed by atoms with Crippen LogP contribution in [-0.2, 0) is 11.3 Å². The van der Waals surface area contributed by atoms with Gasteiger partial charge < -0.3 is 10.1 Å². The Morgan fingerprint density at radius 3 is 2.96 bits per heavy atom. The number of carbonyl (C=O) groups is 1. The minimum Gasteiger partial charge on any atom is -0.462 e. The second kappa shape index (κ2) is 8.17. The molecule has 1 N–H and O–H groups in total. The summed E-state index contributed by atoms with van der Waals surface area (Å²) in [6.07, 6.45) is 3.34. The van der Waals surface area contributed by atoms with Crippen molar-refractivity contribution in [1.82, 2.24) is 25.1 Å². The van der Waals surface area contributed by atoms with Gasteiger partial charge in [0.25, 0.3) is 0 Å². The highest BCUT2D eigenvalue weighted by molar-refractivity contribution is 7.20. The van der Waals surface area contributed by atoms with Crippen molar-refractivity contribution in [2.75, 3.05) is 6.61 Å². The Hall–Kier alpha value is -2.62. The number of thiazole rings is 2. The van der Waals surface area contributed by atoms with Gasteiger partial charge in [-0.1, -0.05) is 23.5 Å². The molecule has 144 valence electrons. The maximum absolute atomic E-state index is 12.4. The Bertz CT molecular complexity index is 1050. The van der Waals surface area contributed by atoms with E-state index in [1.165, 1.54) is 11.3 Å². The zero-order valence-electron chi connectivity index (χ0n) is 15.5. The molecule has 4 aromatic rings. The van der Waals surface area contributed by atoms with Gasteiger partial charge in [0, 0.05) is 18.1 Å². The average molecular weight is 414 g/mol. The maximum atomic E-state index is 12.4. The summed E-state index contributed by atoms with van der Waals surface area (Å²) in [6.45, 7) is 4.58. The summed E-state index contributed by atoms with van der Waals surface area (Å²) < 4.78 is 8.00. The lowest BCUT2D eigenvalue weighted by molar-refractivity contribution is 0.0525. The molecule has 4 rings (SSSR count). The first-order valence-corrected chi connectivity index (χ1v) is 10.6. The molecule has 0 radical (unpaired) electrons. The Morgan fingerprint density at radius 1 is 1.36 bits per heavy atom. The molecule has 1 atom stereocenters. The predicted molar refractivity (Wildman–Crippen MR) is 110 cm³/mol. The third-order valence-corrected chi connectivity index (χ3v) is 6.20. The van der Waals surface area contributed by atoms with Gasteiger partial charge in [0.2, 0.25) is 5.13 Å². The number of rotatable bonds is 7. The molecule has 1 unspecified atom stereocenters. The molecule has 9 heteroatoms. The standard InChI is InChI=1S/C19H19N5O2S2/c1-3-26-18(25)13-10-22-24(19-23-14-6-4-5-7-16(14)28-19)15(13)11-21-12(2)17-20-8-9-27-17/h4-10,12,21H,3,11H2,1-2H3. The average Bonchev–Trinajstić information content (AvgIpc) is 3.44. The summed E-state index contributed by atoms with van der Waals surface area (Å²) in [4.78, 5) is 21.4. The minimum absolute atomic E-state index is 0.0498. The zero-order chi connectivity index (χ0) is 19.5. The van der Waals surface area contributed by atoms with Gasteiger partial charge in [-0.2, -0.15) is 5.10 Å². The summed E-state index contributed by atoms with van der Waals surface area (Å²) in [5.41, 5.74) is 2.08. The van der Waals surface area contributed by atoms with Gasteiger partial charge in [-0.25, -0.2) is 19.4 Å². The Labute approximate surface area is 170 Å². The van der Waals surface area contributed by atoms with Crippen LogP contribution in [0.3, 0.4) is 0 Å². The van der Waals surface area contributed by atoms with E-state index in [9.17, 15) is 4.79 Å². The normalized spacial score (nSPS) is 12.4. The molecule has 0 aliphatic rings. The smallest absolute Gasteiger partial charge is 0.341 e. The first kappa shape index (κ1) is 18.7. The summed E-state index contributed by atoms with van der Waals surface area (Å²) in [5.74, 6) is -0.381. The molecule has 0 bridgehead atoms. The highest BCUT2D eigenvalue weighted by atomic mass is 32.1. The summed E-state index contributed by atoms with van der Waals surface area (Å²) in [6, 6.07) is 7.98. The van der Waals surface area contributed by atoms with Crippen LogP contribution in [0.15, 0.2) is 42.0 Å². The lowest BCUT2D eigenvalue weighted by atomic mass is 10.2. The van der Waals surface area contributed by atoms with Crippen molar-refractivity contribution in [3.63, 3.8) is 0 Å². The largest absolute Gasteiger partial charge is 0.462 e. The number of para-hydroxylation sites is 1. The summed E-state index contributed by atoms with van der Waals surface area (Å²) in [7, 11) is 0. The number of carbonyl (C=O) groups excluding carboxylic acids is 1. The van der Waals surface area contributed by atoms with E-state index in [4.69, 9.17) is 4.74 Å². The van der Waals surface area contributed by atoms with Gasteiger partial charge in [0.05, 0.1) is 34.8 Å². The lowest BCUT2D eigenvalue weighted by Gasteiger charge is -2.13. The highest BCUT2D eigenvalue weighted by Gasteiger charge is 2.22. The second-order valence-corrected chi connectivity index (χ2v) is 8.01. The Morgan fingerprint density at radius 2 is 2.21 bits per heavy atom. The molecule has 0 saturated carbocycles. The van der Waals surface area contributed by atoms with Crippen LogP contribution in [-0.4, -0.2) is 32.3 Å². The van der Waals surface area contributed by atoms with Crippen LogP contribution in [0.25, 0.3) is 15.3 Å². The molecule has 0 fully saturated rings. The van der Waals surface area contributed by atoms with Gasteiger partial charge in [-0.3, -0.25) is 0 Å². The van der Waals surface area contributed by atoms with E-state index >= 15 is 0 Å². The van der Waals surface area contributed by atoms with E-state index in [-0.39, 0.29) is 12.0 Å². The van der Waals surface area contributed by atoms with Gasteiger partial charge in [0.1, 0.15) is 10.6 Å². The molecule has 3 aromatic heterocycles. The highest BCUT2D eigenvalue weighted by Crippen LogP contribution is 2.26. The number of esters is 1. The quantitative estimate of drug-likeness (QED) is 0.462. The first-order chi connectivity index (χ1) is 13.7. The molecule has 0 aliphatic carbocycles. The molecular weight excluding hydrogens is 394 g/mol. The Kier molecular flexibility index (Phi) is 5.47. The van der Waals surface area contributed by atoms with Crippen LogP contribution < -0.4 is 5.32 Å². The van der Waals surface area contributed by atoms with Gasteiger partial charge in [-0.15, -0.1) is 11.3 Å². The number of nitrogens with one attached hydrogen (secondary N) is 1. The van der Waals surface area contributed by atoms with E-state index < -0.39 is 0 Å². The second-order valence-electron chi connectivity index (χ2n) is 6.07. The number of hydrogen-bond donors (Lipinski definition) is 1. The van der Waals surface area contributed by atoms with Crippen LogP contribution in [0.4, 0.5) is 0 Å². The van der Waals surface area contributed by atoms with E-state index in [0.29, 0.717) is 18.7 Å². The van der Waals surface area contributed by atoms with E-state index in [0.717, 1.165) is 26.0 Å². The van der Waals surface area contributed by atoms with Crippen molar-refractivity contribution in [3.8, 4) is 5.13 Å². The van der Waals surface area contributed by atoms with Crippen molar-refractivity contribution in [2.45, 2.75) is 26.4 Å². The van der Waals surface area contributed by atoms with E-state index in [1.807, 2.05) is 36.6 Å². The number of hydrogen-bond acceptors (Lipinski definition) is 8. The molecular formula is C19H19N5O2S2. The van der Waals surface area contributed by atoms with Crippen molar-refractivity contribution in [2.24, 2.45) is 0 Å². The number of nitrogens with zero attached hydrogens (tertiary/aromatic N) is 4. The number of ether oxygens (including phenoxy) is 1. The van der Waals surface area contributed by atoms with Gasteiger partial charge in [0.15, 0.2) is 0 Å². The SMILES string of the molecule is CCOC(=O)c1cnn(-c2nc3ccccc3s2)c1CNC(C)c1nccs1. The molecule has 0 aliphatic heterocycles. The fourth-order valence-electron chi connectivity index (χ4n) is 2.82. The molecule has 28 heavy (non-hydrogen) atoms. The minimum atomic E-state index is -0.381. The Balaban J connectivity index is 1.68. The molecule has 1 aromatic carbocycles. The summed E-state index contributed by atoms with van der Waals surface area (Å²) >= 11 is 3.13. The topological polar surface area (TPSA) is 81.9 Å². The summed E-state index contributed by atoms with van der Waals surface area (Å²) in [5, 5.41) is 11.5. The van der Waals surface area contributed by atoms with Gasteiger partial charge in [-0.05, 0) is 26.0 Å². The van der Waals surface area contributed by atoms with Crippen LogP contribution in [0, 0.1) is 0 Å². The van der Waals surface area contributed by atoms with E-state index in [1.54, 1.807) is 35.3 Å². The molecule has 0 saturated heterocycles. The van der Waals surface area contributed by atoms with Crippen LogP contribution in [0.2, 0.25) is 0 Å². The zero-order valence-corrected chi connectivity index (χ0v) is 17.1. The van der Waals surface area contributed by atoms with Crippen molar-refractivity contribution in [3.05, 3.63) is 58.3 Å².